The average molecular weight is 465 g/mol. The Morgan fingerprint density at radius 2 is 2.15 bits per heavy atom. The summed E-state index contributed by atoms with van der Waals surface area (Å²) in [4.78, 5) is 20.5. The van der Waals surface area contributed by atoms with E-state index < -0.39 is 0 Å². The van der Waals surface area contributed by atoms with Gasteiger partial charge in [-0.3, -0.25) is 4.79 Å². The molecule has 1 N–H and O–H groups in total. The second-order valence-electron chi connectivity index (χ2n) is 4.24. The Kier molecular flexibility index (Phi) is 6.10. The van der Waals surface area contributed by atoms with Crippen molar-refractivity contribution < 1.29 is 0 Å². The predicted molar refractivity (Wildman–Crippen MR) is 95.3 cm³/mol. The van der Waals surface area contributed by atoms with Crippen molar-refractivity contribution in [2.24, 2.45) is 0 Å². The number of halogens is 2. The van der Waals surface area contributed by atoms with Crippen molar-refractivity contribution in [2.45, 2.75) is 30.4 Å². The van der Waals surface area contributed by atoms with E-state index in [0.29, 0.717) is 9.32 Å². The highest BCUT2D eigenvalue weighted by Gasteiger charge is 2.09. The van der Waals surface area contributed by atoms with Gasteiger partial charge < -0.3 is 4.98 Å². The predicted octanol–water partition coefficient (Wildman–Crippen LogP) is 4.38. The molecule has 0 radical (unpaired) electrons. The lowest BCUT2D eigenvalue weighted by Gasteiger charge is -2.07. The van der Waals surface area contributed by atoms with Crippen LogP contribution in [0.2, 0.25) is 0 Å². The zero-order chi connectivity index (χ0) is 14.5. The Labute approximate surface area is 144 Å². The maximum atomic E-state index is 11.9. The number of nitrogens with zero attached hydrogens (tertiary/aromatic N) is 1. The molecule has 106 valence electrons. The first kappa shape index (κ1) is 16.0. The van der Waals surface area contributed by atoms with Crippen LogP contribution in [0.3, 0.4) is 0 Å². The molecule has 0 aliphatic rings. The van der Waals surface area contributed by atoms with E-state index in [4.69, 9.17) is 0 Å². The van der Waals surface area contributed by atoms with Crippen molar-refractivity contribution in [3.05, 3.63) is 54.2 Å². The molecule has 0 aliphatic heterocycles. The molecule has 2 rings (SSSR count). The third-order valence-corrected chi connectivity index (χ3v) is 5.82. The molecule has 3 nitrogen and oxygen atoms in total. The topological polar surface area (TPSA) is 45.8 Å². The fourth-order valence-electron chi connectivity index (χ4n) is 1.74. The smallest absolute Gasteiger partial charge is 0.264 e. The zero-order valence-electron chi connectivity index (χ0n) is 11.0. The Hall–Kier alpha value is -0.340. The van der Waals surface area contributed by atoms with Crippen molar-refractivity contribution in [3.63, 3.8) is 0 Å². The van der Waals surface area contributed by atoms with E-state index in [1.165, 1.54) is 0 Å². The minimum absolute atomic E-state index is 0.0354. The third kappa shape index (κ3) is 4.08. The fourth-order valence-corrected chi connectivity index (χ4v) is 3.70. The number of rotatable bonds is 5. The van der Waals surface area contributed by atoms with Crippen molar-refractivity contribution in [2.75, 3.05) is 0 Å². The van der Waals surface area contributed by atoms with Crippen LogP contribution in [0.4, 0.5) is 0 Å². The van der Waals surface area contributed by atoms with E-state index in [1.807, 2.05) is 24.3 Å². The highest BCUT2D eigenvalue weighted by atomic mass is 127. The van der Waals surface area contributed by atoms with E-state index in [-0.39, 0.29) is 5.56 Å². The molecule has 1 aromatic carbocycles. The number of H-pyrrole nitrogens is 1. The second kappa shape index (κ2) is 7.61. The fraction of sp³-hybridized carbons (Fsp3) is 0.286. The van der Waals surface area contributed by atoms with E-state index >= 15 is 0 Å². The molecule has 0 fully saturated rings. The Morgan fingerprint density at radius 1 is 1.40 bits per heavy atom. The van der Waals surface area contributed by atoms with Gasteiger partial charge in [0.2, 0.25) is 0 Å². The normalized spacial score (nSPS) is 10.8. The largest absolute Gasteiger partial charge is 0.309 e. The zero-order valence-corrected chi connectivity index (χ0v) is 15.5. The third-order valence-electron chi connectivity index (χ3n) is 2.67. The lowest BCUT2D eigenvalue weighted by Crippen LogP contribution is -2.17. The van der Waals surface area contributed by atoms with Crippen molar-refractivity contribution in [1.82, 2.24) is 9.97 Å². The van der Waals surface area contributed by atoms with E-state index in [1.54, 1.807) is 11.8 Å². The van der Waals surface area contributed by atoms with E-state index in [0.717, 1.165) is 33.7 Å². The molecular formula is C14H14BrIN2OS. The van der Waals surface area contributed by atoms with Gasteiger partial charge in [0.15, 0.2) is 0 Å². The van der Waals surface area contributed by atoms with Gasteiger partial charge in [-0.1, -0.05) is 25.5 Å². The summed E-state index contributed by atoms with van der Waals surface area (Å²) in [6.45, 7) is 2.09. The molecular weight excluding hydrogens is 451 g/mol. The van der Waals surface area contributed by atoms with Crippen LogP contribution < -0.4 is 5.56 Å². The molecule has 0 unspecified atom stereocenters. The first-order valence-electron chi connectivity index (χ1n) is 6.26. The molecule has 0 atom stereocenters. The van der Waals surface area contributed by atoms with Gasteiger partial charge >= 0.3 is 0 Å². The van der Waals surface area contributed by atoms with Gasteiger partial charge in [0, 0.05) is 9.37 Å². The molecule has 1 heterocycles. The lowest BCUT2D eigenvalue weighted by molar-refractivity contribution is 0.834. The van der Waals surface area contributed by atoms with Crippen LogP contribution >= 0.6 is 50.3 Å². The highest BCUT2D eigenvalue weighted by Crippen LogP contribution is 2.28. The summed E-state index contributed by atoms with van der Waals surface area (Å²) in [5.74, 6) is 1.39. The average Bonchev–Trinajstić information content (AvgIpc) is 2.43. The summed E-state index contributed by atoms with van der Waals surface area (Å²) in [5, 5.41) is 0. The number of hydrogen-bond acceptors (Lipinski definition) is 3. The van der Waals surface area contributed by atoms with Crippen LogP contribution in [-0.2, 0) is 12.2 Å². The maximum absolute atomic E-state index is 11.9. The quantitative estimate of drug-likeness (QED) is 0.527. The number of hydrogen-bond donors (Lipinski definition) is 1. The maximum Gasteiger partial charge on any atom is 0.264 e. The van der Waals surface area contributed by atoms with Crippen LogP contribution in [-0.4, -0.2) is 9.97 Å². The Bertz CT molecular complexity index is 660. The highest BCUT2D eigenvalue weighted by molar-refractivity contribution is 14.1. The van der Waals surface area contributed by atoms with Crippen LogP contribution in [0, 0.1) is 3.57 Å². The SMILES string of the molecule is CCCc1nc(CSc2ccccc2Br)[nH]c(=O)c1I. The van der Waals surface area contributed by atoms with Crippen LogP contribution in [0.25, 0.3) is 0 Å². The molecule has 0 saturated carbocycles. The van der Waals surface area contributed by atoms with Crippen molar-refractivity contribution >= 4 is 50.3 Å². The molecule has 2 aromatic rings. The first-order chi connectivity index (χ1) is 9.61. The molecule has 0 aliphatic carbocycles. The van der Waals surface area contributed by atoms with E-state index in [9.17, 15) is 4.79 Å². The summed E-state index contributed by atoms with van der Waals surface area (Å²) in [6.07, 6.45) is 1.83. The summed E-state index contributed by atoms with van der Waals surface area (Å²) < 4.78 is 1.77. The van der Waals surface area contributed by atoms with Crippen LogP contribution in [0.5, 0.6) is 0 Å². The van der Waals surface area contributed by atoms with Crippen LogP contribution in [0.15, 0.2) is 38.4 Å². The van der Waals surface area contributed by atoms with Crippen molar-refractivity contribution in [1.29, 1.82) is 0 Å². The molecule has 1 aromatic heterocycles. The van der Waals surface area contributed by atoms with Gasteiger partial charge in [0.1, 0.15) is 5.82 Å². The van der Waals surface area contributed by atoms with Crippen molar-refractivity contribution in [3.8, 4) is 0 Å². The number of aromatic nitrogens is 2. The molecule has 0 bridgehead atoms. The lowest BCUT2D eigenvalue weighted by atomic mass is 10.2. The summed E-state index contributed by atoms with van der Waals surface area (Å²) in [5.41, 5.74) is 0.867. The van der Waals surface area contributed by atoms with Gasteiger partial charge in [-0.15, -0.1) is 11.8 Å². The molecule has 6 heteroatoms. The Balaban J connectivity index is 2.18. The van der Waals surface area contributed by atoms with Gasteiger partial charge in [-0.2, -0.15) is 0 Å². The van der Waals surface area contributed by atoms with Gasteiger partial charge in [0.25, 0.3) is 5.56 Å². The van der Waals surface area contributed by atoms with Gasteiger partial charge in [-0.25, -0.2) is 4.98 Å². The number of benzene rings is 1. The van der Waals surface area contributed by atoms with E-state index in [2.05, 4.69) is 55.4 Å². The molecule has 20 heavy (non-hydrogen) atoms. The summed E-state index contributed by atoms with van der Waals surface area (Å²) >= 11 is 7.25. The second-order valence-corrected chi connectivity index (χ2v) is 7.19. The summed E-state index contributed by atoms with van der Waals surface area (Å²) in [7, 11) is 0. The van der Waals surface area contributed by atoms with Gasteiger partial charge in [0.05, 0.1) is 15.0 Å². The van der Waals surface area contributed by atoms with Gasteiger partial charge in [-0.05, 0) is 57.1 Å². The minimum atomic E-state index is -0.0354. The summed E-state index contributed by atoms with van der Waals surface area (Å²) in [6, 6.07) is 8.04. The molecule has 0 amide bonds. The van der Waals surface area contributed by atoms with Crippen LogP contribution in [0.1, 0.15) is 24.9 Å². The first-order valence-corrected chi connectivity index (χ1v) is 9.12. The molecule has 0 saturated heterocycles. The number of nitrogens with one attached hydrogen (secondary N) is 1. The standard InChI is InChI=1S/C14H14BrIN2OS/c1-2-5-10-13(16)14(19)18-12(17-10)8-20-11-7-4-3-6-9(11)15/h3-4,6-7H,2,5,8H2,1H3,(H,17,18,19). The Morgan fingerprint density at radius 3 is 2.85 bits per heavy atom. The number of aromatic amines is 1. The number of thioether (sulfide) groups is 1. The number of aryl methyl sites for hydroxylation is 1. The molecule has 0 spiro atoms. The monoisotopic (exact) mass is 464 g/mol. The minimum Gasteiger partial charge on any atom is -0.309 e.